The summed E-state index contributed by atoms with van der Waals surface area (Å²) in [6.45, 7) is 9.77. The lowest BCUT2D eigenvalue weighted by Gasteiger charge is -2.10. The molecule has 3 nitrogen and oxygen atoms in total. The maximum absolute atomic E-state index is 13.0. The quantitative estimate of drug-likeness (QED) is 0.339. The van der Waals surface area contributed by atoms with E-state index in [1.165, 1.54) is 6.07 Å². The zero-order valence-electron chi connectivity index (χ0n) is 12.1. The van der Waals surface area contributed by atoms with Gasteiger partial charge in [-0.25, -0.2) is 4.39 Å². The molecule has 0 aliphatic carbocycles. The van der Waals surface area contributed by atoms with E-state index in [1.807, 2.05) is 19.9 Å². The van der Waals surface area contributed by atoms with E-state index < -0.39 is 0 Å². The van der Waals surface area contributed by atoms with Crippen molar-refractivity contribution >= 4 is 29.9 Å². The molecule has 0 aromatic heterocycles. The van der Waals surface area contributed by atoms with Gasteiger partial charge in [0, 0.05) is 19.6 Å². The molecule has 0 bridgehead atoms. The highest BCUT2D eigenvalue weighted by Gasteiger charge is 2.00. The SMILES string of the molecule is C=CCNC(=NCCc1ccc(F)cc1C)NCC.I. The normalized spacial score (nSPS) is 10.7. The largest absolute Gasteiger partial charge is 0.357 e. The van der Waals surface area contributed by atoms with Crippen LogP contribution in [0.3, 0.4) is 0 Å². The van der Waals surface area contributed by atoms with Gasteiger partial charge in [-0.3, -0.25) is 4.99 Å². The van der Waals surface area contributed by atoms with Crippen LogP contribution >= 0.6 is 24.0 Å². The second-order valence-electron chi connectivity index (χ2n) is 4.25. The third-order valence-electron chi connectivity index (χ3n) is 2.71. The fourth-order valence-electron chi connectivity index (χ4n) is 1.74. The Morgan fingerprint density at radius 1 is 1.40 bits per heavy atom. The number of aryl methyl sites for hydroxylation is 1. The number of hydrogen-bond acceptors (Lipinski definition) is 1. The summed E-state index contributed by atoms with van der Waals surface area (Å²) in [7, 11) is 0. The Kier molecular flexibility index (Phi) is 10.1. The molecule has 0 radical (unpaired) electrons. The molecule has 0 saturated heterocycles. The van der Waals surface area contributed by atoms with E-state index in [2.05, 4.69) is 22.2 Å². The molecule has 5 heteroatoms. The molecule has 1 rings (SSSR count). The molecule has 0 spiro atoms. The summed E-state index contributed by atoms with van der Waals surface area (Å²) < 4.78 is 13.0. The van der Waals surface area contributed by atoms with Gasteiger partial charge in [-0.1, -0.05) is 12.1 Å². The Morgan fingerprint density at radius 2 is 2.15 bits per heavy atom. The molecule has 0 fully saturated rings. The summed E-state index contributed by atoms with van der Waals surface area (Å²) in [5, 5.41) is 6.30. The smallest absolute Gasteiger partial charge is 0.191 e. The van der Waals surface area contributed by atoms with Crippen molar-refractivity contribution < 1.29 is 4.39 Å². The fraction of sp³-hybridized carbons (Fsp3) is 0.400. The maximum atomic E-state index is 13.0. The third-order valence-corrected chi connectivity index (χ3v) is 2.71. The van der Waals surface area contributed by atoms with Gasteiger partial charge in [0.15, 0.2) is 5.96 Å². The predicted octanol–water partition coefficient (Wildman–Crippen LogP) is 3.04. The van der Waals surface area contributed by atoms with Crippen LogP contribution in [0.15, 0.2) is 35.8 Å². The number of guanidine groups is 1. The molecule has 0 aliphatic heterocycles. The first-order valence-corrected chi connectivity index (χ1v) is 6.55. The lowest BCUT2D eigenvalue weighted by Crippen LogP contribution is -2.37. The van der Waals surface area contributed by atoms with Crippen LogP contribution in [0.5, 0.6) is 0 Å². The summed E-state index contributed by atoms with van der Waals surface area (Å²) in [5.74, 6) is 0.591. The van der Waals surface area contributed by atoms with Crippen LogP contribution in [0.2, 0.25) is 0 Å². The van der Waals surface area contributed by atoms with Gasteiger partial charge in [-0.2, -0.15) is 0 Å². The van der Waals surface area contributed by atoms with Gasteiger partial charge in [-0.05, 0) is 43.5 Å². The zero-order valence-corrected chi connectivity index (χ0v) is 14.4. The van der Waals surface area contributed by atoms with E-state index in [0.29, 0.717) is 13.1 Å². The van der Waals surface area contributed by atoms with Gasteiger partial charge >= 0.3 is 0 Å². The third kappa shape index (κ3) is 6.88. The van der Waals surface area contributed by atoms with Crippen molar-refractivity contribution in [3.05, 3.63) is 47.8 Å². The van der Waals surface area contributed by atoms with E-state index in [9.17, 15) is 4.39 Å². The number of nitrogens with zero attached hydrogens (tertiary/aromatic N) is 1. The minimum absolute atomic E-state index is 0. The molecule has 0 unspecified atom stereocenters. The van der Waals surface area contributed by atoms with Crippen molar-refractivity contribution in [2.75, 3.05) is 19.6 Å². The van der Waals surface area contributed by atoms with Gasteiger partial charge in [0.25, 0.3) is 0 Å². The zero-order chi connectivity index (χ0) is 14.1. The van der Waals surface area contributed by atoms with Gasteiger partial charge in [-0.15, -0.1) is 30.6 Å². The fourth-order valence-corrected chi connectivity index (χ4v) is 1.74. The molecule has 1 aromatic rings. The molecule has 0 amide bonds. The number of aliphatic imine (C=N–C) groups is 1. The van der Waals surface area contributed by atoms with Gasteiger partial charge in [0.05, 0.1) is 0 Å². The number of nitrogens with one attached hydrogen (secondary N) is 2. The summed E-state index contributed by atoms with van der Waals surface area (Å²) >= 11 is 0. The number of halogens is 2. The van der Waals surface area contributed by atoms with Crippen molar-refractivity contribution in [1.82, 2.24) is 10.6 Å². The molecule has 0 atom stereocenters. The minimum atomic E-state index is -0.189. The highest BCUT2D eigenvalue weighted by molar-refractivity contribution is 14.0. The van der Waals surface area contributed by atoms with Crippen LogP contribution in [0, 0.1) is 12.7 Å². The van der Waals surface area contributed by atoms with Crippen LogP contribution in [0.25, 0.3) is 0 Å². The summed E-state index contributed by atoms with van der Waals surface area (Å²) in [5.41, 5.74) is 2.10. The number of rotatable bonds is 6. The first-order valence-electron chi connectivity index (χ1n) is 6.55. The van der Waals surface area contributed by atoms with Crippen LogP contribution in [0.4, 0.5) is 4.39 Å². The van der Waals surface area contributed by atoms with Gasteiger partial charge in [0.1, 0.15) is 5.82 Å². The van der Waals surface area contributed by atoms with E-state index >= 15 is 0 Å². The Morgan fingerprint density at radius 3 is 2.75 bits per heavy atom. The summed E-state index contributed by atoms with van der Waals surface area (Å²) in [6, 6.07) is 4.87. The van der Waals surface area contributed by atoms with E-state index in [0.717, 1.165) is 30.1 Å². The molecule has 1 aromatic carbocycles. The molecule has 0 heterocycles. The second-order valence-corrected chi connectivity index (χ2v) is 4.25. The average Bonchev–Trinajstić information content (AvgIpc) is 2.38. The lowest BCUT2D eigenvalue weighted by atomic mass is 10.1. The highest BCUT2D eigenvalue weighted by atomic mass is 127. The Bertz CT molecular complexity index is 447. The molecular formula is C15H23FIN3. The number of benzene rings is 1. The highest BCUT2D eigenvalue weighted by Crippen LogP contribution is 2.10. The van der Waals surface area contributed by atoms with Crippen molar-refractivity contribution in [1.29, 1.82) is 0 Å². The molecule has 0 saturated carbocycles. The van der Waals surface area contributed by atoms with Crippen molar-refractivity contribution in [3.8, 4) is 0 Å². The first kappa shape index (κ1) is 18.9. The Labute approximate surface area is 137 Å². The van der Waals surface area contributed by atoms with Gasteiger partial charge in [0.2, 0.25) is 0 Å². The maximum Gasteiger partial charge on any atom is 0.191 e. The predicted molar refractivity (Wildman–Crippen MR) is 94.4 cm³/mol. The first-order chi connectivity index (χ1) is 9.17. The van der Waals surface area contributed by atoms with Crippen molar-refractivity contribution in [2.24, 2.45) is 4.99 Å². The topological polar surface area (TPSA) is 36.4 Å². The molecule has 2 N–H and O–H groups in total. The van der Waals surface area contributed by atoms with E-state index in [4.69, 9.17) is 0 Å². The van der Waals surface area contributed by atoms with Crippen molar-refractivity contribution in [3.63, 3.8) is 0 Å². The molecule has 20 heavy (non-hydrogen) atoms. The van der Waals surface area contributed by atoms with Crippen LogP contribution in [-0.4, -0.2) is 25.6 Å². The molecule has 0 aliphatic rings. The summed E-state index contributed by atoms with van der Waals surface area (Å²) in [6.07, 6.45) is 2.59. The monoisotopic (exact) mass is 391 g/mol. The lowest BCUT2D eigenvalue weighted by molar-refractivity contribution is 0.625. The minimum Gasteiger partial charge on any atom is -0.357 e. The number of hydrogen-bond donors (Lipinski definition) is 2. The van der Waals surface area contributed by atoms with E-state index in [1.54, 1.807) is 12.1 Å². The van der Waals surface area contributed by atoms with E-state index in [-0.39, 0.29) is 29.8 Å². The Hall–Kier alpha value is -1.11. The van der Waals surface area contributed by atoms with Gasteiger partial charge < -0.3 is 10.6 Å². The second kappa shape index (κ2) is 10.7. The Balaban J connectivity index is 0.00000361. The van der Waals surface area contributed by atoms with Crippen LogP contribution < -0.4 is 10.6 Å². The average molecular weight is 391 g/mol. The van der Waals surface area contributed by atoms with Crippen molar-refractivity contribution in [2.45, 2.75) is 20.3 Å². The summed E-state index contributed by atoms with van der Waals surface area (Å²) in [4.78, 5) is 4.46. The molecule has 112 valence electrons. The molecular weight excluding hydrogens is 368 g/mol. The van der Waals surface area contributed by atoms with Crippen LogP contribution in [-0.2, 0) is 6.42 Å². The van der Waals surface area contributed by atoms with Crippen LogP contribution in [0.1, 0.15) is 18.1 Å². The standard InChI is InChI=1S/C15H22FN3.HI/c1-4-9-18-15(17-5-2)19-10-8-13-6-7-14(16)11-12(13)3;/h4,6-7,11H,1,5,8-10H2,2-3H3,(H2,17,18,19);1H.